The molecule has 0 unspecified atom stereocenters. The summed E-state index contributed by atoms with van der Waals surface area (Å²) in [6.07, 6.45) is 6.75. The first kappa shape index (κ1) is 17.6. The molecule has 0 aliphatic rings. The maximum atomic E-state index is 11.7. The number of hydrogen-bond acceptors (Lipinski definition) is 4. The number of nitrogens with two attached hydrogens (primary N) is 1. The smallest absolute Gasteiger partial charge is 0.264 e. The predicted octanol–water partition coefficient (Wildman–Crippen LogP) is 0.396. The van der Waals surface area contributed by atoms with Crippen molar-refractivity contribution < 1.29 is 17.8 Å². The minimum atomic E-state index is -3.99. The van der Waals surface area contributed by atoms with Gasteiger partial charge in [-0.25, -0.2) is 0 Å². The number of carbonyl (C=O) groups excluding carboxylic acids is 1. The number of hydrogen-bond donors (Lipinski definition) is 3. The molecule has 1 atom stereocenters. The van der Waals surface area contributed by atoms with Crippen LogP contribution < -0.4 is 11.1 Å². The standard InChI is InChI=1S/C12H20N2O4S/c1-3-5-7-10(4-2)11(13)12(15)14-8-6-9-19(16,17)18/h3-5,7,11H,1,6,8-9,13H2,2H3,(H,14,15)(H,16,17,18)/b7-5-,10-4+/t11-/m0/s1. The van der Waals surface area contributed by atoms with Gasteiger partial charge in [-0.1, -0.05) is 30.9 Å². The van der Waals surface area contributed by atoms with Crippen LogP contribution in [0.25, 0.3) is 0 Å². The second kappa shape index (κ2) is 8.63. The summed E-state index contributed by atoms with van der Waals surface area (Å²) in [5.74, 6) is -0.799. The zero-order valence-corrected chi connectivity index (χ0v) is 11.7. The number of amides is 1. The van der Waals surface area contributed by atoms with Gasteiger partial charge in [-0.3, -0.25) is 9.35 Å². The molecule has 0 spiro atoms. The lowest BCUT2D eigenvalue weighted by molar-refractivity contribution is -0.121. The van der Waals surface area contributed by atoms with E-state index in [9.17, 15) is 13.2 Å². The van der Waals surface area contributed by atoms with Crippen molar-refractivity contribution in [3.63, 3.8) is 0 Å². The fourth-order valence-corrected chi connectivity index (χ4v) is 1.80. The summed E-state index contributed by atoms with van der Waals surface area (Å²) >= 11 is 0. The first-order valence-corrected chi connectivity index (χ1v) is 7.36. The van der Waals surface area contributed by atoms with Crippen molar-refractivity contribution in [3.05, 3.63) is 36.5 Å². The molecule has 0 aromatic rings. The Morgan fingerprint density at radius 2 is 2.16 bits per heavy atom. The van der Waals surface area contributed by atoms with Crippen molar-refractivity contribution in [1.82, 2.24) is 5.32 Å². The van der Waals surface area contributed by atoms with Crippen molar-refractivity contribution in [1.29, 1.82) is 0 Å². The third-order valence-corrected chi connectivity index (χ3v) is 3.08. The molecule has 1 amide bonds. The summed E-state index contributed by atoms with van der Waals surface area (Å²) in [7, 11) is -3.99. The van der Waals surface area contributed by atoms with E-state index in [4.69, 9.17) is 10.3 Å². The van der Waals surface area contributed by atoms with E-state index in [0.29, 0.717) is 5.57 Å². The van der Waals surface area contributed by atoms with Crippen LogP contribution in [-0.4, -0.2) is 37.2 Å². The van der Waals surface area contributed by atoms with E-state index in [2.05, 4.69) is 11.9 Å². The summed E-state index contributed by atoms with van der Waals surface area (Å²) in [6.45, 7) is 5.41. The lowest BCUT2D eigenvalue weighted by atomic mass is 10.1. The van der Waals surface area contributed by atoms with Crippen LogP contribution >= 0.6 is 0 Å². The Labute approximate surface area is 113 Å². The highest BCUT2D eigenvalue weighted by molar-refractivity contribution is 7.85. The van der Waals surface area contributed by atoms with Crippen LogP contribution in [0.3, 0.4) is 0 Å². The van der Waals surface area contributed by atoms with E-state index in [-0.39, 0.29) is 13.0 Å². The van der Waals surface area contributed by atoms with Crippen LogP contribution in [-0.2, 0) is 14.9 Å². The molecular formula is C12H20N2O4S. The molecule has 0 heterocycles. The molecule has 0 saturated heterocycles. The van der Waals surface area contributed by atoms with E-state index in [0.717, 1.165) is 0 Å². The Hall–Kier alpha value is -1.44. The largest absolute Gasteiger partial charge is 0.354 e. The Balaban J connectivity index is 4.27. The van der Waals surface area contributed by atoms with Crippen LogP contribution in [0, 0.1) is 0 Å². The molecule has 6 nitrogen and oxygen atoms in total. The van der Waals surface area contributed by atoms with E-state index < -0.39 is 27.8 Å². The SMILES string of the molecule is C=C/C=C\C(=C/C)[C@H](N)C(=O)NCCCS(=O)(=O)O. The number of allylic oxidation sites excluding steroid dienone is 3. The summed E-state index contributed by atoms with van der Waals surface area (Å²) in [4.78, 5) is 11.7. The van der Waals surface area contributed by atoms with Crippen molar-refractivity contribution in [2.75, 3.05) is 12.3 Å². The molecule has 108 valence electrons. The summed E-state index contributed by atoms with van der Waals surface area (Å²) in [5, 5.41) is 2.51. The molecule has 4 N–H and O–H groups in total. The molecule has 0 aliphatic carbocycles. The van der Waals surface area contributed by atoms with E-state index >= 15 is 0 Å². The zero-order chi connectivity index (χ0) is 14.9. The van der Waals surface area contributed by atoms with Gasteiger partial charge in [0.1, 0.15) is 6.04 Å². The highest BCUT2D eigenvalue weighted by Crippen LogP contribution is 2.03. The molecule has 7 heteroatoms. The van der Waals surface area contributed by atoms with Gasteiger partial charge in [-0.05, 0) is 18.9 Å². The lowest BCUT2D eigenvalue weighted by Gasteiger charge is -2.13. The molecule has 0 fully saturated rings. The van der Waals surface area contributed by atoms with Crippen molar-refractivity contribution in [2.24, 2.45) is 5.73 Å². The first-order chi connectivity index (χ1) is 8.81. The van der Waals surface area contributed by atoms with E-state index in [1.807, 2.05) is 0 Å². The molecule has 0 bridgehead atoms. The molecule has 0 radical (unpaired) electrons. The number of carbonyl (C=O) groups is 1. The molecular weight excluding hydrogens is 268 g/mol. The summed E-state index contributed by atoms with van der Waals surface area (Å²) in [5.41, 5.74) is 6.38. The quantitative estimate of drug-likeness (QED) is 0.340. The van der Waals surface area contributed by atoms with Gasteiger partial charge in [0.15, 0.2) is 0 Å². The van der Waals surface area contributed by atoms with E-state index in [1.165, 1.54) is 0 Å². The van der Waals surface area contributed by atoms with Crippen LogP contribution in [0.1, 0.15) is 13.3 Å². The first-order valence-electron chi connectivity index (χ1n) is 5.75. The molecule has 0 saturated carbocycles. The summed E-state index contributed by atoms with van der Waals surface area (Å²) in [6, 6.07) is -0.827. The van der Waals surface area contributed by atoms with Crippen LogP contribution in [0.4, 0.5) is 0 Å². The average Bonchev–Trinajstić information content (AvgIpc) is 2.33. The number of nitrogens with one attached hydrogen (secondary N) is 1. The third kappa shape index (κ3) is 8.30. The van der Waals surface area contributed by atoms with Crippen molar-refractivity contribution in [3.8, 4) is 0 Å². The molecule has 0 rings (SSSR count). The van der Waals surface area contributed by atoms with Gasteiger partial charge in [-0.15, -0.1) is 0 Å². The maximum absolute atomic E-state index is 11.7. The van der Waals surface area contributed by atoms with E-state index in [1.54, 1.807) is 31.2 Å². The lowest BCUT2D eigenvalue weighted by Crippen LogP contribution is -2.42. The second-order valence-electron chi connectivity index (χ2n) is 3.79. The van der Waals surface area contributed by atoms with Gasteiger partial charge in [0.05, 0.1) is 5.75 Å². The topological polar surface area (TPSA) is 109 Å². The minimum absolute atomic E-state index is 0.130. The third-order valence-electron chi connectivity index (χ3n) is 2.28. The summed E-state index contributed by atoms with van der Waals surface area (Å²) < 4.78 is 29.5. The Morgan fingerprint density at radius 1 is 1.53 bits per heavy atom. The predicted molar refractivity (Wildman–Crippen MR) is 75.1 cm³/mol. The van der Waals surface area contributed by atoms with Crippen LogP contribution in [0.5, 0.6) is 0 Å². The minimum Gasteiger partial charge on any atom is -0.354 e. The van der Waals surface area contributed by atoms with Gasteiger partial charge in [-0.2, -0.15) is 8.42 Å². The monoisotopic (exact) mass is 288 g/mol. The Kier molecular flexibility index (Phi) is 7.97. The van der Waals surface area contributed by atoms with Crippen LogP contribution in [0.2, 0.25) is 0 Å². The highest BCUT2D eigenvalue weighted by Gasteiger charge is 2.15. The van der Waals surface area contributed by atoms with Gasteiger partial charge in [0.2, 0.25) is 5.91 Å². The van der Waals surface area contributed by atoms with Crippen molar-refractivity contribution >= 4 is 16.0 Å². The molecule has 0 aliphatic heterocycles. The second-order valence-corrected chi connectivity index (χ2v) is 5.36. The molecule has 0 aromatic carbocycles. The Morgan fingerprint density at radius 3 is 2.63 bits per heavy atom. The fraction of sp³-hybridized carbons (Fsp3) is 0.417. The Bertz CT molecular complexity index is 466. The maximum Gasteiger partial charge on any atom is 0.264 e. The molecule has 0 aromatic heterocycles. The van der Waals surface area contributed by atoms with Crippen LogP contribution in [0.15, 0.2) is 36.5 Å². The molecule has 19 heavy (non-hydrogen) atoms. The highest BCUT2D eigenvalue weighted by atomic mass is 32.2. The van der Waals surface area contributed by atoms with Crippen molar-refractivity contribution in [2.45, 2.75) is 19.4 Å². The van der Waals surface area contributed by atoms with Gasteiger partial charge >= 0.3 is 0 Å². The zero-order valence-electron chi connectivity index (χ0n) is 10.9. The van der Waals surface area contributed by atoms with Gasteiger partial charge < -0.3 is 11.1 Å². The average molecular weight is 288 g/mol. The fourth-order valence-electron chi connectivity index (χ4n) is 1.29. The van der Waals surface area contributed by atoms with Gasteiger partial charge in [0, 0.05) is 6.54 Å². The van der Waals surface area contributed by atoms with Gasteiger partial charge in [0.25, 0.3) is 10.1 Å². The number of rotatable bonds is 8. The normalized spacial score (nSPS) is 14.4.